The van der Waals surface area contributed by atoms with Gasteiger partial charge in [0.2, 0.25) is 0 Å². The minimum Gasteiger partial charge on any atom is -0.380 e. The Balaban J connectivity index is 1.74. The second-order valence-electron chi connectivity index (χ2n) is 4.62. The molecule has 0 saturated carbocycles. The van der Waals surface area contributed by atoms with Crippen LogP contribution in [0.2, 0.25) is 0 Å². The lowest BCUT2D eigenvalue weighted by molar-refractivity contribution is 0.0879. The van der Waals surface area contributed by atoms with Crippen LogP contribution in [0.4, 0.5) is 5.69 Å². The Kier molecular flexibility index (Phi) is 3.28. The second kappa shape index (κ2) is 5.09. The third-order valence-electron chi connectivity index (χ3n) is 3.27. The largest absolute Gasteiger partial charge is 0.380 e. The molecule has 0 radical (unpaired) electrons. The summed E-state index contributed by atoms with van der Waals surface area (Å²) in [5.74, 6) is -0.638. The van der Waals surface area contributed by atoms with Crippen LogP contribution in [0.25, 0.3) is 0 Å². The lowest BCUT2D eigenvalue weighted by Gasteiger charge is -2.05. The maximum atomic E-state index is 11.6. The Bertz CT molecular complexity index is 691. The molecule has 4 nitrogen and oxygen atoms in total. The van der Waals surface area contributed by atoms with Crippen molar-refractivity contribution in [3.63, 3.8) is 0 Å². The second-order valence-corrected chi connectivity index (χ2v) is 5.87. The Hall–Kier alpha value is -2.14. The first-order chi connectivity index (χ1) is 9.67. The van der Waals surface area contributed by atoms with Gasteiger partial charge in [-0.1, -0.05) is 6.92 Å². The summed E-state index contributed by atoms with van der Waals surface area (Å²) in [6.45, 7) is 2.86. The zero-order valence-corrected chi connectivity index (χ0v) is 11.8. The van der Waals surface area contributed by atoms with Gasteiger partial charge in [0, 0.05) is 22.0 Å². The van der Waals surface area contributed by atoms with E-state index in [2.05, 4.69) is 29.7 Å². The number of imide groups is 1. The molecule has 1 aromatic carbocycles. The van der Waals surface area contributed by atoms with Gasteiger partial charge >= 0.3 is 0 Å². The van der Waals surface area contributed by atoms with Crippen molar-refractivity contribution in [1.29, 1.82) is 0 Å². The first kappa shape index (κ1) is 12.9. The SMILES string of the molecule is CCc1ccc(CNc2ccc3c(c2)C(=O)NC3=O)s1. The predicted molar refractivity (Wildman–Crippen MR) is 79.3 cm³/mol. The van der Waals surface area contributed by atoms with Gasteiger partial charge in [-0.15, -0.1) is 11.3 Å². The summed E-state index contributed by atoms with van der Waals surface area (Å²) in [7, 11) is 0. The van der Waals surface area contributed by atoms with Crippen LogP contribution in [0.5, 0.6) is 0 Å². The number of rotatable bonds is 4. The summed E-state index contributed by atoms with van der Waals surface area (Å²) in [5, 5.41) is 5.57. The predicted octanol–water partition coefficient (Wildman–Crippen LogP) is 2.81. The topological polar surface area (TPSA) is 58.2 Å². The highest BCUT2D eigenvalue weighted by atomic mass is 32.1. The average molecular weight is 286 g/mol. The molecule has 20 heavy (non-hydrogen) atoms. The molecule has 0 fully saturated rings. The van der Waals surface area contributed by atoms with Crippen LogP contribution in [0.15, 0.2) is 30.3 Å². The molecule has 2 amide bonds. The number of anilines is 1. The first-order valence-electron chi connectivity index (χ1n) is 6.48. The molecule has 102 valence electrons. The average Bonchev–Trinajstić information content (AvgIpc) is 3.02. The number of nitrogens with one attached hydrogen (secondary N) is 2. The molecule has 2 N–H and O–H groups in total. The maximum absolute atomic E-state index is 11.6. The standard InChI is InChI=1S/C15H14N2O2S/c1-2-10-4-5-11(20-10)8-16-9-3-6-12-13(7-9)15(19)17-14(12)18/h3-7,16H,2,8H2,1H3,(H,17,18,19). The van der Waals surface area contributed by atoms with Crippen LogP contribution >= 0.6 is 11.3 Å². The van der Waals surface area contributed by atoms with E-state index in [1.165, 1.54) is 9.75 Å². The van der Waals surface area contributed by atoms with Crippen LogP contribution in [0.3, 0.4) is 0 Å². The number of carbonyl (C=O) groups is 2. The number of hydrogen-bond donors (Lipinski definition) is 2. The Labute approximate surface area is 120 Å². The number of carbonyl (C=O) groups excluding carboxylic acids is 2. The Morgan fingerprint density at radius 3 is 2.55 bits per heavy atom. The van der Waals surface area contributed by atoms with Crippen molar-refractivity contribution in [1.82, 2.24) is 5.32 Å². The molecule has 0 unspecified atom stereocenters. The van der Waals surface area contributed by atoms with Crippen LogP contribution < -0.4 is 10.6 Å². The third-order valence-corrected chi connectivity index (χ3v) is 4.50. The van der Waals surface area contributed by atoms with Crippen molar-refractivity contribution in [2.45, 2.75) is 19.9 Å². The van der Waals surface area contributed by atoms with Crippen LogP contribution in [0.1, 0.15) is 37.4 Å². The number of hydrogen-bond acceptors (Lipinski definition) is 4. The number of thiophene rings is 1. The molecule has 2 aromatic rings. The van der Waals surface area contributed by atoms with Gasteiger partial charge in [0.15, 0.2) is 0 Å². The van der Waals surface area contributed by atoms with Crippen LogP contribution in [-0.4, -0.2) is 11.8 Å². The molecule has 5 heteroatoms. The van der Waals surface area contributed by atoms with Gasteiger partial charge in [-0.2, -0.15) is 0 Å². The van der Waals surface area contributed by atoms with E-state index in [1.807, 2.05) is 6.07 Å². The van der Waals surface area contributed by atoms with Gasteiger partial charge in [-0.25, -0.2) is 0 Å². The normalized spacial score (nSPS) is 13.2. The minimum atomic E-state index is -0.321. The molecule has 0 atom stereocenters. The lowest BCUT2D eigenvalue weighted by Crippen LogP contribution is -2.19. The molecule has 0 aliphatic carbocycles. The van der Waals surface area contributed by atoms with Gasteiger partial charge < -0.3 is 5.32 Å². The van der Waals surface area contributed by atoms with Crippen molar-refractivity contribution < 1.29 is 9.59 Å². The van der Waals surface area contributed by atoms with Crippen molar-refractivity contribution in [3.8, 4) is 0 Å². The van der Waals surface area contributed by atoms with E-state index in [1.54, 1.807) is 23.5 Å². The van der Waals surface area contributed by atoms with Crippen molar-refractivity contribution in [2.24, 2.45) is 0 Å². The highest BCUT2D eigenvalue weighted by Crippen LogP contribution is 2.22. The first-order valence-corrected chi connectivity index (χ1v) is 7.30. The fourth-order valence-electron chi connectivity index (χ4n) is 2.17. The van der Waals surface area contributed by atoms with E-state index in [-0.39, 0.29) is 11.8 Å². The summed E-state index contributed by atoms with van der Waals surface area (Å²) in [5.41, 5.74) is 1.74. The fourth-order valence-corrected chi connectivity index (χ4v) is 3.07. The Morgan fingerprint density at radius 2 is 1.80 bits per heavy atom. The smallest absolute Gasteiger partial charge is 0.259 e. The highest BCUT2D eigenvalue weighted by Gasteiger charge is 2.26. The molecule has 2 heterocycles. The molecule has 0 spiro atoms. The number of fused-ring (bicyclic) bond motifs is 1. The molecule has 0 saturated heterocycles. The molecule has 3 rings (SSSR count). The number of amides is 2. The van der Waals surface area contributed by atoms with Crippen molar-refractivity contribution in [3.05, 3.63) is 51.2 Å². The van der Waals surface area contributed by atoms with Gasteiger partial charge in [-0.3, -0.25) is 14.9 Å². The molecule has 0 bridgehead atoms. The minimum absolute atomic E-state index is 0.317. The molecular weight excluding hydrogens is 272 g/mol. The zero-order valence-electron chi connectivity index (χ0n) is 11.0. The number of aryl methyl sites for hydroxylation is 1. The summed E-state index contributed by atoms with van der Waals surface area (Å²) in [4.78, 5) is 25.7. The number of benzene rings is 1. The van der Waals surface area contributed by atoms with E-state index < -0.39 is 0 Å². The van der Waals surface area contributed by atoms with E-state index in [4.69, 9.17) is 0 Å². The maximum Gasteiger partial charge on any atom is 0.259 e. The lowest BCUT2D eigenvalue weighted by atomic mass is 10.1. The van der Waals surface area contributed by atoms with Crippen molar-refractivity contribution >= 4 is 28.8 Å². The van der Waals surface area contributed by atoms with Crippen LogP contribution in [-0.2, 0) is 13.0 Å². The van der Waals surface area contributed by atoms with Gasteiger partial charge in [0.05, 0.1) is 11.1 Å². The van der Waals surface area contributed by atoms with E-state index in [9.17, 15) is 9.59 Å². The van der Waals surface area contributed by atoms with E-state index in [0.29, 0.717) is 11.1 Å². The Morgan fingerprint density at radius 1 is 1.05 bits per heavy atom. The van der Waals surface area contributed by atoms with E-state index >= 15 is 0 Å². The third kappa shape index (κ3) is 2.32. The fraction of sp³-hybridized carbons (Fsp3) is 0.200. The van der Waals surface area contributed by atoms with Gasteiger partial charge in [-0.05, 0) is 36.8 Å². The molecule has 1 aliphatic heterocycles. The quantitative estimate of drug-likeness (QED) is 0.850. The van der Waals surface area contributed by atoms with Gasteiger partial charge in [0.25, 0.3) is 11.8 Å². The monoisotopic (exact) mass is 286 g/mol. The van der Waals surface area contributed by atoms with E-state index in [0.717, 1.165) is 18.7 Å². The molecule has 1 aromatic heterocycles. The summed E-state index contributed by atoms with van der Waals surface area (Å²) >= 11 is 1.78. The molecular formula is C15H14N2O2S. The summed E-state index contributed by atoms with van der Waals surface area (Å²) < 4.78 is 0. The zero-order chi connectivity index (χ0) is 14.1. The highest BCUT2D eigenvalue weighted by molar-refractivity contribution is 7.12. The van der Waals surface area contributed by atoms with Gasteiger partial charge in [0.1, 0.15) is 0 Å². The van der Waals surface area contributed by atoms with Crippen LogP contribution in [0, 0.1) is 0 Å². The molecule has 1 aliphatic rings. The summed E-state index contributed by atoms with van der Waals surface area (Å²) in [6.07, 6.45) is 1.05. The van der Waals surface area contributed by atoms with Crippen molar-refractivity contribution in [2.75, 3.05) is 5.32 Å². The summed E-state index contributed by atoms with van der Waals surface area (Å²) in [6, 6.07) is 9.48.